The Morgan fingerprint density at radius 3 is 2.90 bits per heavy atom. The van der Waals surface area contributed by atoms with E-state index >= 15 is 0 Å². The van der Waals surface area contributed by atoms with Crippen LogP contribution < -0.4 is 11.1 Å². The number of amides is 1. The van der Waals surface area contributed by atoms with E-state index in [0.29, 0.717) is 17.1 Å². The van der Waals surface area contributed by atoms with Gasteiger partial charge in [-0.3, -0.25) is 4.79 Å². The standard InChI is InChI=1S/C14H13N3OS2/c1-8-11(19-7-17-8)6-16-14(18)13-12(15)9-4-2-3-5-10(9)20-13/h2-5,7H,6,15H2,1H3,(H,16,18). The number of hydrogen-bond donors (Lipinski definition) is 2. The number of aromatic nitrogens is 1. The zero-order valence-electron chi connectivity index (χ0n) is 10.8. The average Bonchev–Trinajstić information content (AvgIpc) is 3.01. The van der Waals surface area contributed by atoms with Gasteiger partial charge < -0.3 is 11.1 Å². The van der Waals surface area contributed by atoms with Crippen molar-refractivity contribution in [2.24, 2.45) is 0 Å². The predicted octanol–water partition coefficient (Wildman–Crippen LogP) is 3.18. The van der Waals surface area contributed by atoms with E-state index in [1.165, 1.54) is 11.3 Å². The molecule has 0 saturated heterocycles. The summed E-state index contributed by atoms with van der Waals surface area (Å²) in [5.74, 6) is -0.128. The number of nitrogens with one attached hydrogen (secondary N) is 1. The molecule has 0 aliphatic carbocycles. The average molecular weight is 303 g/mol. The Labute approximate surface area is 124 Å². The summed E-state index contributed by atoms with van der Waals surface area (Å²) in [7, 11) is 0. The molecule has 1 aromatic carbocycles. The molecule has 4 nitrogen and oxygen atoms in total. The van der Waals surface area contributed by atoms with Crippen LogP contribution in [0.3, 0.4) is 0 Å². The lowest BCUT2D eigenvalue weighted by Gasteiger charge is -2.03. The highest BCUT2D eigenvalue weighted by Crippen LogP contribution is 2.33. The highest BCUT2D eigenvalue weighted by atomic mass is 32.1. The van der Waals surface area contributed by atoms with Gasteiger partial charge in [0, 0.05) is 15.0 Å². The number of nitrogens with two attached hydrogens (primary N) is 1. The lowest BCUT2D eigenvalue weighted by Crippen LogP contribution is -2.22. The molecule has 0 spiro atoms. The zero-order chi connectivity index (χ0) is 14.1. The van der Waals surface area contributed by atoms with Gasteiger partial charge >= 0.3 is 0 Å². The smallest absolute Gasteiger partial charge is 0.263 e. The first kappa shape index (κ1) is 13.1. The van der Waals surface area contributed by atoms with Crippen molar-refractivity contribution in [3.05, 3.63) is 45.2 Å². The van der Waals surface area contributed by atoms with Crippen molar-refractivity contribution in [3.63, 3.8) is 0 Å². The van der Waals surface area contributed by atoms with Gasteiger partial charge in [0.2, 0.25) is 0 Å². The van der Waals surface area contributed by atoms with Gasteiger partial charge in [-0.1, -0.05) is 18.2 Å². The van der Waals surface area contributed by atoms with Crippen LogP contribution in [0, 0.1) is 6.92 Å². The van der Waals surface area contributed by atoms with Gasteiger partial charge in [0.05, 0.1) is 23.4 Å². The molecule has 2 aromatic heterocycles. The van der Waals surface area contributed by atoms with E-state index < -0.39 is 0 Å². The number of carbonyl (C=O) groups is 1. The molecule has 0 radical (unpaired) electrons. The first-order valence-electron chi connectivity index (χ1n) is 6.11. The third-order valence-electron chi connectivity index (χ3n) is 3.09. The Balaban J connectivity index is 1.82. The summed E-state index contributed by atoms with van der Waals surface area (Å²) in [6.45, 7) is 2.43. The minimum atomic E-state index is -0.128. The molecule has 2 heterocycles. The van der Waals surface area contributed by atoms with Crippen LogP contribution in [0.4, 0.5) is 5.69 Å². The fraction of sp³-hybridized carbons (Fsp3) is 0.143. The molecule has 6 heteroatoms. The third kappa shape index (κ3) is 2.28. The van der Waals surface area contributed by atoms with Gasteiger partial charge in [0.15, 0.2) is 0 Å². The molecule has 0 atom stereocenters. The molecule has 0 aliphatic heterocycles. The van der Waals surface area contributed by atoms with Crippen LogP contribution in [0.15, 0.2) is 29.8 Å². The van der Waals surface area contributed by atoms with E-state index in [0.717, 1.165) is 20.7 Å². The summed E-state index contributed by atoms with van der Waals surface area (Å²) in [6, 6.07) is 7.78. The Bertz CT molecular complexity index is 776. The lowest BCUT2D eigenvalue weighted by molar-refractivity contribution is 0.0956. The van der Waals surface area contributed by atoms with Crippen molar-refractivity contribution in [3.8, 4) is 0 Å². The Morgan fingerprint density at radius 2 is 2.20 bits per heavy atom. The molecule has 3 N–H and O–H groups in total. The van der Waals surface area contributed by atoms with E-state index in [9.17, 15) is 4.79 Å². The molecule has 20 heavy (non-hydrogen) atoms. The highest BCUT2D eigenvalue weighted by Gasteiger charge is 2.16. The zero-order valence-corrected chi connectivity index (χ0v) is 12.5. The van der Waals surface area contributed by atoms with Crippen LogP contribution in [-0.2, 0) is 6.54 Å². The number of rotatable bonds is 3. The van der Waals surface area contributed by atoms with Gasteiger partial charge in [-0.05, 0) is 13.0 Å². The number of nitrogen functional groups attached to an aromatic ring is 1. The second kappa shape index (κ2) is 5.22. The third-order valence-corrected chi connectivity index (χ3v) is 5.21. The van der Waals surface area contributed by atoms with Gasteiger partial charge in [0.25, 0.3) is 5.91 Å². The van der Waals surface area contributed by atoms with Crippen LogP contribution in [0.1, 0.15) is 20.2 Å². The summed E-state index contributed by atoms with van der Waals surface area (Å²) >= 11 is 2.97. The number of anilines is 1. The van der Waals surface area contributed by atoms with Crippen molar-refractivity contribution in [2.75, 3.05) is 5.73 Å². The van der Waals surface area contributed by atoms with Gasteiger partial charge in [-0.25, -0.2) is 4.98 Å². The van der Waals surface area contributed by atoms with Crippen molar-refractivity contribution in [1.29, 1.82) is 0 Å². The van der Waals surface area contributed by atoms with Gasteiger partial charge in [-0.15, -0.1) is 22.7 Å². The maximum Gasteiger partial charge on any atom is 0.263 e. The van der Waals surface area contributed by atoms with Crippen molar-refractivity contribution >= 4 is 44.4 Å². The minimum Gasteiger partial charge on any atom is -0.397 e. The van der Waals surface area contributed by atoms with Crippen molar-refractivity contribution in [2.45, 2.75) is 13.5 Å². The molecule has 102 valence electrons. The van der Waals surface area contributed by atoms with E-state index in [1.807, 2.05) is 31.2 Å². The number of carbonyl (C=O) groups excluding carboxylic acids is 1. The molecular weight excluding hydrogens is 290 g/mol. The molecule has 0 aliphatic rings. The topological polar surface area (TPSA) is 68.0 Å². The van der Waals surface area contributed by atoms with Crippen LogP contribution in [0.25, 0.3) is 10.1 Å². The second-order valence-electron chi connectivity index (χ2n) is 4.38. The fourth-order valence-corrected chi connectivity index (χ4v) is 3.73. The van der Waals surface area contributed by atoms with Gasteiger partial charge in [-0.2, -0.15) is 0 Å². The van der Waals surface area contributed by atoms with Crippen LogP contribution in [0.2, 0.25) is 0 Å². The lowest BCUT2D eigenvalue weighted by atomic mass is 10.2. The number of aryl methyl sites for hydroxylation is 1. The number of hydrogen-bond acceptors (Lipinski definition) is 5. The first-order chi connectivity index (χ1) is 9.66. The summed E-state index contributed by atoms with van der Waals surface area (Å²) in [6.07, 6.45) is 0. The largest absolute Gasteiger partial charge is 0.397 e. The number of thiophene rings is 1. The fourth-order valence-electron chi connectivity index (χ4n) is 1.97. The summed E-state index contributed by atoms with van der Waals surface area (Å²) in [5, 5.41) is 3.85. The molecule has 0 saturated carbocycles. The minimum absolute atomic E-state index is 0.128. The number of nitrogens with zero attached hydrogens (tertiary/aromatic N) is 1. The number of thiazole rings is 1. The number of benzene rings is 1. The van der Waals surface area contributed by atoms with E-state index in [-0.39, 0.29) is 5.91 Å². The SMILES string of the molecule is Cc1ncsc1CNC(=O)c1sc2ccccc2c1N. The normalized spacial score (nSPS) is 10.8. The Hall–Kier alpha value is -1.92. The van der Waals surface area contributed by atoms with Crippen LogP contribution in [0.5, 0.6) is 0 Å². The maximum atomic E-state index is 12.2. The predicted molar refractivity (Wildman–Crippen MR) is 84.3 cm³/mol. The van der Waals surface area contributed by atoms with E-state index in [1.54, 1.807) is 16.8 Å². The van der Waals surface area contributed by atoms with Crippen molar-refractivity contribution < 1.29 is 4.79 Å². The number of fused-ring (bicyclic) bond motifs is 1. The van der Waals surface area contributed by atoms with E-state index in [2.05, 4.69) is 10.3 Å². The van der Waals surface area contributed by atoms with Crippen molar-refractivity contribution in [1.82, 2.24) is 10.3 Å². The van der Waals surface area contributed by atoms with Crippen LogP contribution >= 0.6 is 22.7 Å². The molecule has 1 amide bonds. The molecule has 0 unspecified atom stereocenters. The van der Waals surface area contributed by atoms with E-state index in [4.69, 9.17) is 5.73 Å². The second-order valence-corrected chi connectivity index (χ2v) is 6.38. The first-order valence-corrected chi connectivity index (χ1v) is 7.80. The summed E-state index contributed by atoms with van der Waals surface area (Å²) < 4.78 is 1.03. The summed E-state index contributed by atoms with van der Waals surface area (Å²) in [4.78, 5) is 18.1. The highest BCUT2D eigenvalue weighted by molar-refractivity contribution is 7.21. The molecule has 3 rings (SSSR count). The Kier molecular flexibility index (Phi) is 3.42. The quantitative estimate of drug-likeness (QED) is 0.781. The Morgan fingerprint density at radius 1 is 1.40 bits per heavy atom. The maximum absolute atomic E-state index is 12.2. The summed E-state index contributed by atoms with van der Waals surface area (Å²) in [5.41, 5.74) is 9.36. The molecule has 3 aromatic rings. The molecule has 0 bridgehead atoms. The van der Waals surface area contributed by atoms with Crippen LogP contribution in [-0.4, -0.2) is 10.9 Å². The monoisotopic (exact) mass is 303 g/mol. The van der Waals surface area contributed by atoms with Gasteiger partial charge in [0.1, 0.15) is 4.88 Å². The molecule has 0 fully saturated rings. The molecular formula is C14H13N3OS2.